The van der Waals surface area contributed by atoms with E-state index in [1.54, 1.807) is 11.3 Å². The van der Waals surface area contributed by atoms with Gasteiger partial charge in [-0.25, -0.2) is 4.99 Å². The highest BCUT2D eigenvalue weighted by Crippen LogP contribution is 2.23. The third kappa shape index (κ3) is 6.90. The number of piperidine rings is 1. The smallest absolute Gasteiger partial charge is 0.244 e. The zero-order valence-corrected chi connectivity index (χ0v) is 19.4. The molecule has 27 heavy (non-hydrogen) atoms. The summed E-state index contributed by atoms with van der Waals surface area (Å²) in [6, 6.07) is 2.13. The van der Waals surface area contributed by atoms with Gasteiger partial charge in [0, 0.05) is 37.6 Å². The Labute approximate surface area is 183 Å². The van der Waals surface area contributed by atoms with E-state index in [1.807, 2.05) is 11.8 Å². The molecule has 6 nitrogen and oxygen atoms in total. The lowest BCUT2D eigenvalue weighted by atomic mass is 10.1. The van der Waals surface area contributed by atoms with Crippen LogP contribution in [-0.2, 0) is 17.8 Å². The van der Waals surface area contributed by atoms with Crippen LogP contribution in [0.15, 0.2) is 16.4 Å². The summed E-state index contributed by atoms with van der Waals surface area (Å²) in [5, 5.41) is 8.72. The van der Waals surface area contributed by atoms with E-state index in [-0.39, 0.29) is 36.4 Å². The van der Waals surface area contributed by atoms with Crippen LogP contribution >= 0.6 is 35.3 Å². The van der Waals surface area contributed by atoms with Gasteiger partial charge in [-0.2, -0.15) is 0 Å². The minimum absolute atomic E-state index is 0. The predicted octanol–water partition coefficient (Wildman–Crippen LogP) is 2.29. The number of rotatable bonds is 6. The standard InChI is InChI=1S/C19H31N5OS.HI/c1-2-20-19(21-8-12-23-9-4-3-5-10-23)22-14-18(25)24-11-6-17-16(15-24)7-13-26-17;/h7,13H,2-6,8-12,14-15H2,1H3,(H2,20,21,22);1H. The molecule has 1 fully saturated rings. The van der Waals surface area contributed by atoms with Crippen molar-refractivity contribution in [1.82, 2.24) is 20.4 Å². The van der Waals surface area contributed by atoms with Crippen LogP contribution in [0.25, 0.3) is 0 Å². The quantitative estimate of drug-likeness (QED) is 0.354. The number of guanidine groups is 1. The second-order valence-corrected chi connectivity index (χ2v) is 7.96. The molecule has 3 heterocycles. The third-order valence-corrected chi connectivity index (χ3v) is 6.07. The molecular weight excluding hydrogens is 473 g/mol. The third-order valence-electron chi connectivity index (χ3n) is 5.05. The Hall–Kier alpha value is -0.870. The Morgan fingerprint density at radius 2 is 2.04 bits per heavy atom. The molecular formula is C19H32IN5OS. The van der Waals surface area contributed by atoms with Gasteiger partial charge in [-0.1, -0.05) is 6.42 Å². The zero-order valence-electron chi connectivity index (χ0n) is 16.2. The van der Waals surface area contributed by atoms with Crippen LogP contribution in [0.1, 0.15) is 36.6 Å². The Balaban J connectivity index is 0.00000261. The molecule has 0 spiro atoms. The Morgan fingerprint density at radius 3 is 2.81 bits per heavy atom. The van der Waals surface area contributed by atoms with Crippen molar-refractivity contribution >= 4 is 47.2 Å². The van der Waals surface area contributed by atoms with Crippen molar-refractivity contribution in [2.75, 3.05) is 45.8 Å². The molecule has 2 aliphatic rings. The van der Waals surface area contributed by atoms with Gasteiger partial charge in [0.15, 0.2) is 5.96 Å². The van der Waals surface area contributed by atoms with E-state index in [0.717, 1.165) is 45.1 Å². The second-order valence-electron chi connectivity index (χ2n) is 6.96. The van der Waals surface area contributed by atoms with Crippen LogP contribution < -0.4 is 10.6 Å². The van der Waals surface area contributed by atoms with E-state index in [2.05, 4.69) is 32.0 Å². The van der Waals surface area contributed by atoms with Crippen LogP contribution in [0, 0.1) is 0 Å². The molecule has 0 aliphatic carbocycles. The summed E-state index contributed by atoms with van der Waals surface area (Å²) in [5.41, 5.74) is 1.30. The summed E-state index contributed by atoms with van der Waals surface area (Å²) in [5.74, 6) is 0.848. The number of hydrogen-bond acceptors (Lipinski definition) is 4. The van der Waals surface area contributed by atoms with Crippen molar-refractivity contribution in [2.24, 2.45) is 4.99 Å². The first-order valence-corrected chi connectivity index (χ1v) is 10.7. The van der Waals surface area contributed by atoms with Gasteiger partial charge >= 0.3 is 0 Å². The van der Waals surface area contributed by atoms with Crippen LogP contribution in [0.5, 0.6) is 0 Å². The van der Waals surface area contributed by atoms with Crippen LogP contribution in [0.3, 0.4) is 0 Å². The van der Waals surface area contributed by atoms with E-state index in [9.17, 15) is 4.79 Å². The number of nitrogens with one attached hydrogen (secondary N) is 2. The van der Waals surface area contributed by atoms with E-state index >= 15 is 0 Å². The molecule has 2 N–H and O–H groups in total. The largest absolute Gasteiger partial charge is 0.357 e. The lowest BCUT2D eigenvalue weighted by molar-refractivity contribution is -0.130. The monoisotopic (exact) mass is 505 g/mol. The van der Waals surface area contributed by atoms with Gasteiger partial charge in [0.25, 0.3) is 0 Å². The molecule has 8 heteroatoms. The number of carbonyl (C=O) groups is 1. The average molecular weight is 505 g/mol. The summed E-state index contributed by atoms with van der Waals surface area (Å²) in [6.07, 6.45) is 4.95. The maximum atomic E-state index is 12.5. The fraction of sp³-hybridized carbons (Fsp3) is 0.684. The molecule has 1 aromatic heterocycles. The molecule has 0 aromatic carbocycles. The predicted molar refractivity (Wildman–Crippen MR) is 123 cm³/mol. The summed E-state index contributed by atoms with van der Waals surface area (Å²) in [7, 11) is 0. The van der Waals surface area contributed by atoms with Gasteiger partial charge in [-0.3, -0.25) is 4.79 Å². The molecule has 0 bridgehead atoms. The first kappa shape index (κ1) is 22.4. The van der Waals surface area contributed by atoms with Crippen molar-refractivity contribution in [1.29, 1.82) is 0 Å². The van der Waals surface area contributed by atoms with Gasteiger partial charge in [0.1, 0.15) is 6.54 Å². The Morgan fingerprint density at radius 1 is 1.22 bits per heavy atom. The van der Waals surface area contributed by atoms with Crippen molar-refractivity contribution in [3.63, 3.8) is 0 Å². The van der Waals surface area contributed by atoms with Crippen molar-refractivity contribution in [2.45, 2.75) is 39.2 Å². The van der Waals surface area contributed by atoms with Gasteiger partial charge < -0.3 is 20.4 Å². The van der Waals surface area contributed by atoms with Gasteiger partial charge in [0.05, 0.1) is 0 Å². The molecule has 1 aromatic rings. The highest BCUT2D eigenvalue weighted by molar-refractivity contribution is 14.0. The number of amides is 1. The van der Waals surface area contributed by atoms with E-state index in [0.29, 0.717) is 0 Å². The van der Waals surface area contributed by atoms with Crippen molar-refractivity contribution in [3.8, 4) is 0 Å². The number of aliphatic imine (C=N–C) groups is 1. The first-order valence-electron chi connectivity index (χ1n) is 9.84. The molecule has 0 unspecified atom stereocenters. The molecule has 1 saturated heterocycles. The van der Waals surface area contributed by atoms with Crippen molar-refractivity contribution in [3.05, 3.63) is 21.9 Å². The Bertz CT molecular complexity index is 615. The molecule has 152 valence electrons. The zero-order chi connectivity index (χ0) is 18.2. The summed E-state index contributed by atoms with van der Waals surface area (Å²) in [4.78, 5) is 22.9. The lowest BCUT2D eigenvalue weighted by Crippen LogP contribution is -2.43. The molecule has 3 rings (SSSR count). The maximum absolute atomic E-state index is 12.5. The Kier molecular flexibility index (Phi) is 9.84. The number of hydrogen-bond donors (Lipinski definition) is 2. The van der Waals surface area contributed by atoms with Crippen molar-refractivity contribution < 1.29 is 4.79 Å². The number of thiophene rings is 1. The van der Waals surface area contributed by atoms with Crippen LogP contribution in [0.2, 0.25) is 0 Å². The normalized spacial score (nSPS) is 17.8. The average Bonchev–Trinajstić information content (AvgIpc) is 3.14. The number of fused-ring (bicyclic) bond motifs is 1. The number of nitrogens with zero attached hydrogens (tertiary/aromatic N) is 3. The van der Waals surface area contributed by atoms with E-state index < -0.39 is 0 Å². The summed E-state index contributed by atoms with van der Waals surface area (Å²) in [6.45, 7) is 8.89. The maximum Gasteiger partial charge on any atom is 0.244 e. The highest BCUT2D eigenvalue weighted by atomic mass is 127. The number of likely N-dealkylation sites (tertiary alicyclic amines) is 1. The minimum atomic E-state index is 0. The molecule has 1 amide bonds. The highest BCUT2D eigenvalue weighted by Gasteiger charge is 2.21. The fourth-order valence-corrected chi connectivity index (χ4v) is 4.45. The van der Waals surface area contributed by atoms with Crippen LogP contribution in [-0.4, -0.2) is 67.5 Å². The molecule has 2 aliphatic heterocycles. The fourth-order valence-electron chi connectivity index (χ4n) is 3.57. The van der Waals surface area contributed by atoms with Gasteiger partial charge in [-0.05, 0) is 56.3 Å². The van der Waals surface area contributed by atoms with Crippen LogP contribution in [0.4, 0.5) is 0 Å². The SMILES string of the molecule is CCNC(=NCC(=O)N1CCc2sccc2C1)NCCN1CCCCC1.I. The first-order chi connectivity index (χ1) is 12.8. The molecule has 0 radical (unpaired) electrons. The van der Waals surface area contributed by atoms with Gasteiger partial charge in [0.2, 0.25) is 5.91 Å². The summed E-state index contributed by atoms with van der Waals surface area (Å²) >= 11 is 1.80. The second kappa shape index (κ2) is 11.9. The molecule has 0 atom stereocenters. The van der Waals surface area contributed by atoms with Gasteiger partial charge in [-0.15, -0.1) is 35.3 Å². The molecule has 0 saturated carbocycles. The summed E-state index contributed by atoms with van der Waals surface area (Å²) < 4.78 is 0. The minimum Gasteiger partial charge on any atom is -0.357 e. The van der Waals surface area contributed by atoms with E-state index in [1.165, 1.54) is 42.8 Å². The lowest BCUT2D eigenvalue weighted by Gasteiger charge is -2.27. The van der Waals surface area contributed by atoms with E-state index in [4.69, 9.17) is 0 Å². The number of carbonyl (C=O) groups excluding carboxylic acids is 1. The topological polar surface area (TPSA) is 60.0 Å². The number of halogens is 1.